The molecule has 0 amide bonds. The van der Waals surface area contributed by atoms with Crippen LogP contribution in [0.15, 0.2) is 30.7 Å². The van der Waals surface area contributed by atoms with Crippen LogP contribution in [0.2, 0.25) is 0 Å². The number of carbonyl (C=O) groups is 1. The molecule has 0 saturated heterocycles. The molecule has 0 unspecified atom stereocenters. The van der Waals surface area contributed by atoms with Crippen LogP contribution in [-0.2, 0) is 0 Å². The lowest BCUT2D eigenvalue weighted by Crippen LogP contribution is -2.02. The molecule has 0 spiro atoms. The highest BCUT2D eigenvalue weighted by atomic mass is 16.1. The van der Waals surface area contributed by atoms with E-state index in [1.54, 1.807) is 6.20 Å². The smallest absolute Gasteiger partial charge is 0.167 e. The minimum atomic E-state index is 0.278. The molecule has 0 aliphatic heterocycles. The van der Waals surface area contributed by atoms with Crippen LogP contribution < -0.4 is 0 Å². The summed E-state index contributed by atoms with van der Waals surface area (Å²) in [5.41, 5.74) is 1.69. The number of carbonyl (C=O) groups excluding carboxylic acids is 1. The zero-order chi connectivity index (χ0) is 9.54. The molecule has 0 radical (unpaired) electrons. The molecule has 2 heterocycles. The quantitative estimate of drug-likeness (QED) is 0.671. The third-order valence-corrected chi connectivity index (χ3v) is 2.62. The lowest BCUT2D eigenvalue weighted by Gasteiger charge is -1.99. The fourth-order valence-corrected chi connectivity index (χ4v) is 1.65. The van der Waals surface area contributed by atoms with Crippen molar-refractivity contribution in [1.82, 2.24) is 9.38 Å². The van der Waals surface area contributed by atoms with Crippen molar-refractivity contribution in [2.75, 3.05) is 0 Å². The van der Waals surface area contributed by atoms with E-state index in [1.807, 2.05) is 28.9 Å². The van der Waals surface area contributed by atoms with E-state index in [0.29, 0.717) is 0 Å². The molecule has 3 rings (SSSR count). The third kappa shape index (κ3) is 1.13. The number of ketones is 1. The molecule has 1 saturated carbocycles. The number of nitrogens with zero attached hydrogens (tertiary/aromatic N) is 2. The highest BCUT2D eigenvalue weighted by Gasteiger charge is 2.30. The van der Waals surface area contributed by atoms with Gasteiger partial charge in [0.15, 0.2) is 5.78 Å². The predicted molar refractivity (Wildman–Crippen MR) is 52.2 cm³/mol. The van der Waals surface area contributed by atoms with Crippen molar-refractivity contribution < 1.29 is 4.79 Å². The number of pyridine rings is 1. The van der Waals surface area contributed by atoms with Gasteiger partial charge in [0, 0.05) is 30.1 Å². The van der Waals surface area contributed by atoms with Gasteiger partial charge in [-0.2, -0.15) is 0 Å². The summed E-state index contributed by atoms with van der Waals surface area (Å²) < 4.78 is 1.88. The summed E-state index contributed by atoms with van der Waals surface area (Å²) in [6.07, 6.45) is 7.57. The van der Waals surface area contributed by atoms with Crippen LogP contribution in [0.4, 0.5) is 0 Å². The first-order chi connectivity index (χ1) is 6.84. The summed E-state index contributed by atoms with van der Waals surface area (Å²) in [5.74, 6) is 0.566. The summed E-state index contributed by atoms with van der Waals surface area (Å²) in [4.78, 5) is 15.9. The van der Waals surface area contributed by atoms with Crippen molar-refractivity contribution >= 4 is 11.4 Å². The van der Waals surface area contributed by atoms with Gasteiger partial charge >= 0.3 is 0 Å². The molecule has 3 nitrogen and oxygen atoms in total. The minimum absolute atomic E-state index is 0.278. The van der Waals surface area contributed by atoms with Gasteiger partial charge in [-0.05, 0) is 25.0 Å². The van der Waals surface area contributed by atoms with Crippen LogP contribution in [0.1, 0.15) is 23.2 Å². The van der Waals surface area contributed by atoms with Crippen LogP contribution in [0, 0.1) is 5.92 Å². The average molecular weight is 186 g/mol. The highest BCUT2D eigenvalue weighted by Crippen LogP contribution is 2.32. The second-order valence-corrected chi connectivity index (χ2v) is 3.75. The van der Waals surface area contributed by atoms with E-state index < -0.39 is 0 Å². The van der Waals surface area contributed by atoms with Crippen molar-refractivity contribution in [2.24, 2.45) is 5.92 Å². The Kier molecular flexibility index (Phi) is 1.48. The molecule has 3 heteroatoms. The second kappa shape index (κ2) is 2.67. The maximum Gasteiger partial charge on any atom is 0.167 e. The number of hydrogen-bond acceptors (Lipinski definition) is 2. The molecule has 1 aliphatic rings. The van der Waals surface area contributed by atoms with Gasteiger partial charge in [0.1, 0.15) is 5.65 Å². The molecule has 2 aromatic heterocycles. The Balaban J connectivity index is 2.07. The monoisotopic (exact) mass is 186 g/mol. The molecule has 0 atom stereocenters. The summed E-state index contributed by atoms with van der Waals surface area (Å²) in [7, 11) is 0. The Morgan fingerprint density at radius 1 is 1.43 bits per heavy atom. The Labute approximate surface area is 81.4 Å². The highest BCUT2D eigenvalue weighted by molar-refractivity contribution is 5.99. The molecule has 0 bridgehead atoms. The number of imidazole rings is 1. The number of hydrogen-bond donors (Lipinski definition) is 0. The van der Waals surface area contributed by atoms with Gasteiger partial charge in [-0.25, -0.2) is 4.98 Å². The first-order valence-electron chi connectivity index (χ1n) is 4.81. The van der Waals surface area contributed by atoms with Gasteiger partial charge in [0.05, 0.1) is 0 Å². The summed E-state index contributed by atoms with van der Waals surface area (Å²) in [5, 5.41) is 0. The fourth-order valence-electron chi connectivity index (χ4n) is 1.65. The number of rotatable bonds is 2. The SMILES string of the molecule is O=C(c1ccc2nccn2c1)C1CC1. The van der Waals surface area contributed by atoms with E-state index in [1.165, 1.54) is 0 Å². The maximum atomic E-state index is 11.7. The van der Waals surface area contributed by atoms with E-state index in [2.05, 4.69) is 4.98 Å². The Morgan fingerprint density at radius 2 is 2.29 bits per heavy atom. The molecule has 1 aliphatic carbocycles. The third-order valence-electron chi connectivity index (χ3n) is 2.62. The fraction of sp³-hybridized carbons (Fsp3) is 0.273. The predicted octanol–water partition coefficient (Wildman–Crippen LogP) is 1.93. The first-order valence-corrected chi connectivity index (χ1v) is 4.81. The topological polar surface area (TPSA) is 34.4 Å². The van der Waals surface area contributed by atoms with E-state index in [-0.39, 0.29) is 11.7 Å². The number of Topliss-reactive ketones (excluding diaryl/α,β-unsaturated/α-hetero) is 1. The Hall–Kier alpha value is -1.64. The van der Waals surface area contributed by atoms with Crippen LogP contribution in [0.25, 0.3) is 5.65 Å². The van der Waals surface area contributed by atoms with E-state index in [4.69, 9.17) is 0 Å². The van der Waals surface area contributed by atoms with Crippen LogP contribution in [0.3, 0.4) is 0 Å². The zero-order valence-corrected chi connectivity index (χ0v) is 7.68. The molecule has 1 fully saturated rings. The Bertz CT molecular complexity index is 497. The standard InChI is InChI=1S/C11H10N2O/c14-11(8-1-2-8)9-3-4-10-12-5-6-13(10)7-9/h3-8H,1-2H2. The molecule has 0 N–H and O–H groups in total. The van der Waals surface area contributed by atoms with Crippen molar-refractivity contribution in [3.05, 3.63) is 36.3 Å². The van der Waals surface area contributed by atoms with Crippen molar-refractivity contribution in [1.29, 1.82) is 0 Å². The van der Waals surface area contributed by atoms with Gasteiger partial charge in [-0.1, -0.05) is 0 Å². The molecular weight excluding hydrogens is 176 g/mol. The zero-order valence-electron chi connectivity index (χ0n) is 7.68. The van der Waals surface area contributed by atoms with Crippen molar-refractivity contribution in [2.45, 2.75) is 12.8 Å². The van der Waals surface area contributed by atoms with Crippen molar-refractivity contribution in [3.63, 3.8) is 0 Å². The molecule has 14 heavy (non-hydrogen) atoms. The molecular formula is C11H10N2O. The van der Waals surface area contributed by atoms with Gasteiger partial charge in [0.25, 0.3) is 0 Å². The molecule has 0 aromatic carbocycles. The van der Waals surface area contributed by atoms with Crippen molar-refractivity contribution in [3.8, 4) is 0 Å². The Morgan fingerprint density at radius 3 is 3.07 bits per heavy atom. The second-order valence-electron chi connectivity index (χ2n) is 3.75. The van der Waals surface area contributed by atoms with Gasteiger partial charge in [-0.3, -0.25) is 4.79 Å². The van der Waals surface area contributed by atoms with Gasteiger partial charge in [0.2, 0.25) is 0 Å². The summed E-state index contributed by atoms with van der Waals surface area (Å²) >= 11 is 0. The van der Waals surface area contributed by atoms with E-state index >= 15 is 0 Å². The first kappa shape index (κ1) is 7.74. The van der Waals surface area contributed by atoms with E-state index in [0.717, 1.165) is 24.1 Å². The molecule has 2 aromatic rings. The number of fused-ring (bicyclic) bond motifs is 1. The lowest BCUT2D eigenvalue weighted by atomic mass is 10.1. The number of aromatic nitrogens is 2. The average Bonchev–Trinajstić information content (AvgIpc) is 2.95. The lowest BCUT2D eigenvalue weighted by molar-refractivity contribution is 0.0967. The molecule has 70 valence electrons. The summed E-state index contributed by atoms with van der Waals surface area (Å²) in [6, 6.07) is 3.75. The normalized spacial score (nSPS) is 16.0. The van der Waals surface area contributed by atoms with Gasteiger partial charge in [-0.15, -0.1) is 0 Å². The maximum absolute atomic E-state index is 11.7. The summed E-state index contributed by atoms with van der Waals surface area (Å²) in [6.45, 7) is 0. The largest absolute Gasteiger partial charge is 0.306 e. The van der Waals surface area contributed by atoms with Crippen LogP contribution >= 0.6 is 0 Å². The van der Waals surface area contributed by atoms with E-state index in [9.17, 15) is 4.79 Å². The van der Waals surface area contributed by atoms with Crippen LogP contribution in [-0.4, -0.2) is 15.2 Å². The van der Waals surface area contributed by atoms with Crippen LogP contribution in [0.5, 0.6) is 0 Å². The van der Waals surface area contributed by atoms with Gasteiger partial charge < -0.3 is 4.40 Å². The minimum Gasteiger partial charge on any atom is -0.306 e.